The van der Waals surface area contributed by atoms with E-state index in [1.807, 2.05) is 0 Å². The van der Waals surface area contributed by atoms with Crippen molar-refractivity contribution in [2.45, 2.75) is 18.9 Å². The van der Waals surface area contributed by atoms with E-state index in [0.717, 1.165) is 12.8 Å². The van der Waals surface area contributed by atoms with E-state index in [1.54, 1.807) is 0 Å². The molecule has 1 unspecified atom stereocenters. The van der Waals surface area contributed by atoms with Gasteiger partial charge >= 0.3 is 6.09 Å². The van der Waals surface area contributed by atoms with Gasteiger partial charge < -0.3 is 20.1 Å². The zero-order chi connectivity index (χ0) is 11.1. The minimum Gasteiger partial charge on any atom is -0.453 e. The van der Waals surface area contributed by atoms with Crippen molar-refractivity contribution >= 4 is 12.0 Å². The molecule has 0 bridgehead atoms. The molecule has 0 radical (unpaired) electrons. The second kappa shape index (κ2) is 6.23. The van der Waals surface area contributed by atoms with Gasteiger partial charge in [-0.15, -0.1) is 0 Å². The third-order valence-corrected chi connectivity index (χ3v) is 2.10. The number of carbonyl (C=O) groups excluding carboxylic acids is 2. The van der Waals surface area contributed by atoms with Gasteiger partial charge in [0, 0.05) is 19.7 Å². The highest BCUT2D eigenvalue weighted by molar-refractivity contribution is 5.81. The monoisotopic (exact) mass is 216 g/mol. The lowest BCUT2D eigenvalue weighted by atomic mass is 10.2. The van der Waals surface area contributed by atoms with Crippen LogP contribution in [-0.4, -0.2) is 44.9 Å². The average molecular weight is 216 g/mol. The van der Waals surface area contributed by atoms with Crippen molar-refractivity contribution in [2.24, 2.45) is 0 Å². The van der Waals surface area contributed by atoms with Gasteiger partial charge in [-0.25, -0.2) is 4.79 Å². The summed E-state index contributed by atoms with van der Waals surface area (Å²) in [4.78, 5) is 22.0. The Hall–Kier alpha value is -1.30. The van der Waals surface area contributed by atoms with Crippen molar-refractivity contribution in [3.05, 3.63) is 0 Å². The van der Waals surface area contributed by atoms with E-state index in [2.05, 4.69) is 15.4 Å². The number of hydrogen-bond donors (Lipinski definition) is 2. The van der Waals surface area contributed by atoms with E-state index in [-0.39, 0.29) is 12.0 Å². The van der Waals surface area contributed by atoms with Crippen molar-refractivity contribution in [1.29, 1.82) is 0 Å². The van der Waals surface area contributed by atoms with E-state index < -0.39 is 6.09 Å². The van der Waals surface area contributed by atoms with Crippen LogP contribution in [0.15, 0.2) is 0 Å². The van der Waals surface area contributed by atoms with Crippen molar-refractivity contribution in [3.8, 4) is 0 Å². The van der Waals surface area contributed by atoms with E-state index in [9.17, 15) is 9.59 Å². The highest BCUT2D eigenvalue weighted by Crippen LogP contribution is 2.11. The molecule has 6 nitrogen and oxygen atoms in total. The van der Waals surface area contributed by atoms with Crippen LogP contribution in [0.2, 0.25) is 0 Å². The molecule has 0 aromatic rings. The summed E-state index contributed by atoms with van der Waals surface area (Å²) in [6.45, 7) is 1.39. The molecule has 0 aromatic heterocycles. The quantitative estimate of drug-likeness (QED) is 0.629. The number of methoxy groups -OCH3 is 1. The molecule has 0 aliphatic carbocycles. The summed E-state index contributed by atoms with van der Waals surface area (Å²) < 4.78 is 9.56. The first-order chi connectivity index (χ1) is 7.24. The summed E-state index contributed by atoms with van der Waals surface area (Å²) in [7, 11) is 1.29. The van der Waals surface area contributed by atoms with E-state index in [4.69, 9.17) is 4.74 Å². The van der Waals surface area contributed by atoms with Crippen LogP contribution in [0, 0.1) is 0 Å². The Balaban J connectivity index is 2.04. The maximum atomic E-state index is 11.4. The van der Waals surface area contributed by atoms with Gasteiger partial charge in [-0.05, 0) is 12.8 Å². The lowest BCUT2D eigenvalue weighted by Crippen LogP contribution is -2.39. The number of alkyl carbamates (subject to hydrolysis) is 1. The zero-order valence-electron chi connectivity index (χ0n) is 8.75. The molecule has 1 aliphatic rings. The first kappa shape index (κ1) is 11.8. The maximum absolute atomic E-state index is 11.4. The number of carbonyl (C=O) groups is 2. The van der Waals surface area contributed by atoms with Gasteiger partial charge in [0.2, 0.25) is 5.91 Å². The van der Waals surface area contributed by atoms with Crippen LogP contribution < -0.4 is 10.6 Å². The van der Waals surface area contributed by atoms with Crippen LogP contribution in [0.5, 0.6) is 0 Å². The fourth-order valence-corrected chi connectivity index (χ4v) is 1.32. The van der Waals surface area contributed by atoms with Crippen LogP contribution in [0.4, 0.5) is 4.79 Å². The lowest BCUT2D eigenvalue weighted by Gasteiger charge is -2.10. The molecular formula is C9H16N2O4. The minimum atomic E-state index is -0.499. The smallest absolute Gasteiger partial charge is 0.406 e. The molecule has 1 aliphatic heterocycles. The second-order valence-corrected chi connectivity index (χ2v) is 3.21. The molecule has 86 valence electrons. The summed E-state index contributed by atoms with van der Waals surface area (Å²) in [5.41, 5.74) is 0. The first-order valence-electron chi connectivity index (χ1n) is 4.95. The number of amides is 2. The third kappa shape index (κ3) is 4.16. The highest BCUT2D eigenvalue weighted by Gasteiger charge is 2.22. The minimum absolute atomic E-state index is 0.112. The molecule has 1 rings (SSSR count). The van der Waals surface area contributed by atoms with Gasteiger partial charge in [0.15, 0.2) is 0 Å². The topological polar surface area (TPSA) is 76.7 Å². The fourth-order valence-electron chi connectivity index (χ4n) is 1.32. The molecule has 0 saturated carbocycles. The number of hydrogen-bond acceptors (Lipinski definition) is 4. The van der Waals surface area contributed by atoms with Crippen LogP contribution in [0.25, 0.3) is 0 Å². The molecule has 15 heavy (non-hydrogen) atoms. The van der Waals surface area contributed by atoms with Crippen molar-refractivity contribution in [3.63, 3.8) is 0 Å². The number of rotatable bonds is 4. The molecule has 0 spiro atoms. The third-order valence-electron chi connectivity index (χ3n) is 2.10. The molecule has 2 N–H and O–H groups in total. The van der Waals surface area contributed by atoms with Crippen LogP contribution in [-0.2, 0) is 14.3 Å². The Morgan fingerprint density at radius 3 is 2.73 bits per heavy atom. The molecule has 1 saturated heterocycles. The zero-order valence-corrected chi connectivity index (χ0v) is 8.75. The van der Waals surface area contributed by atoms with Gasteiger partial charge in [0.05, 0.1) is 7.11 Å². The molecule has 2 amide bonds. The Kier molecular flexibility index (Phi) is 4.89. The first-order valence-corrected chi connectivity index (χ1v) is 4.95. The Morgan fingerprint density at radius 1 is 1.40 bits per heavy atom. The summed E-state index contributed by atoms with van der Waals surface area (Å²) in [6, 6.07) is 0. The summed E-state index contributed by atoms with van der Waals surface area (Å²) in [5.74, 6) is -0.112. The van der Waals surface area contributed by atoms with E-state index in [1.165, 1.54) is 7.11 Å². The summed E-state index contributed by atoms with van der Waals surface area (Å²) in [6.07, 6.45) is 0.888. The van der Waals surface area contributed by atoms with Gasteiger partial charge in [-0.2, -0.15) is 0 Å². The Bertz CT molecular complexity index is 226. The maximum Gasteiger partial charge on any atom is 0.406 e. The number of nitrogens with one attached hydrogen (secondary N) is 2. The average Bonchev–Trinajstić information content (AvgIpc) is 2.77. The Morgan fingerprint density at radius 2 is 2.13 bits per heavy atom. The van der Waals surface area contributed by atoms with Gasteiger partial charge in [-0.1, -0.05) is 0 Å². The SMILES string of the molecule is COC(=O)NCCNC(=O)C1CCCO1. The molecule has 1 fully saturated rings. The fraction of sp³-hybridized carbons (Fsp3) is 0.778. The van der Waals surface area contributed by atoms with Crippen LogP contribution >= 0.6 is 0 Å². The molecule has 1 heterocycles. The van der Waals surface area contributed by atoms with Gasteiger partial charge in [0.1, 0.15) is 6.10 Å². The largest absolute Gasteiger partial charge is 0.453 e. The summed E-state index contributed by atoms with van der Waals surface area (Å²) in [5, 5.41) is 5.13. The molecule has 6 heteroatoms. The standard InChI is InChI=1S/C9H16N2O4/c1-14-9(13)11-5-4-10-8(12)7-3-2-6-15-7/h7H,2-6H2,1H3,(H,10,12)(H,11,13). The predicted octanol–water partition coefficient (Wildman–Crippen LogP) is -0.362. The van der Waals surface area contributed by atoms with Crippen LogP contribution in [0.1, 0.15) is 12.8 Å². The van der Waals surface area contributed by atoms with Gasteiger partial charge in [-0.3, -0.25) is 4.79 Å². The van der Waals surface area contributed by atoms with E-state index >= 15 is 0 Å². The molecule has 1 atom stereocenters. The van der Waals surface area contributed by atoms with E-state index in [0.29, 0.717) is 19.7 Å². The van der Waals surface area contributed by atoms with Gasteiger partial charge in [0.25, 0.3) is 0 Å². The normalized spacial score (nSPS) is 19.7. The van der Waals surface area contributed by atoms with Crippen molar-refractivity contribution in [1.82, 2.24) is 10.6 Å². The molecule has 0 aromatic carbocycles. The highest BCUT2D eigenvalue weighted by atomic mass is 16.5. The second-order valence-electron chi connectivity index (χ2n) is 3.21. The van der Waals surface area contributed by atoms with Crippen molar-refractivity contribution < 1.29 is 19.1 Å². The van der Waals surface area contributed by atoms with Crippen LogP contribution in [0.3, 0.4) is 0 Å². The summed E-state index contributed by atoms with van der Waals surface area (Å²) >= 11 is 0. The Labute approximate surface area is 88.3 Å². The lowest BCUT2D eigenvalue weighted by molar-refractivity contribution is -0.129. The van der Waals surface area contributed by atoms with Crippen molar-refractivity contribution in [2.75, 3.05) is 26.8 Å². The molecular weight excluding hydrogens is 200 g/mol. The number of ether oxygens (including phenoxy) is 2. The predicted molar refractivity (Wildman–Crippen MR) is 52.4 cm³/mol.